The number of sulfonamides is 1. The van der Waals surface area contributed by atoms with Crippen LogP contribution in [0.5, 0.6) is 0 Å². The minimum absolute atomic E-state index is 0.0162. The first-order chi connectivity index (χ1) is 13.2. The second-order valence-electron chi connectivity index (χ2n) is 6.66. The summed E-state index contributed by atoms with van der Waals surface area (Å²) in [4.78, 5) is 2.37. The third-order valence-corrected chi connectivity index (χ3v) is 7.28. The number of nitrogens with zero attached hydrogens (tertiary/aromatic N) is 1. The van der Waals surface area contributed by atoms with Gasteiger partial charge in [-0.15, -0.1) is 0 Å². The van der Waals surface area contributed by atoms with Gasteiger partial charge in [-0.3, -0.25) is 4.90 Å². The summed E-state index contributed by atoms with van der Waals surface area (Å²) in [6.07, 6.45) is 1.82. The molecule has 0 unspecified atom stereocenters. The third-order valence-electron chi connectivity index (χ3n) is 4.71. The number of sulfone groups is 1. The molecule has 0 aliphatic rings. The predicted octanol–water partition coefficient (Wildman–Crippen LogP) is 2.32. The average molecular weight is 425 g/mol. The molecule has 0 spiro atoms. The summed E-state index contributed by atoms with van der Waals surface area (Å²) in [7, 11) is -7.10. The summed E-state index contributed by atoms with van der Waals surface area (Å²) < 4.78 is 51.1. The van der Waals surface area contributed by atoms with Gasteiger partial charge < -0.3 is 0 Å². The summed E-state index contributed by atoms with van der Waals surface area (Å²) in [5.74, 6) is 0. The molecule has 0 bridgehead atoms. The Morgan fingerprint density at radius 2 is 1.39 bits per heavy atom. The van der Waals surface area contributed by atoms with Gasteiger partial charge in [0, 0.05) is 18.8 Å². The van der Waals surface area contributed by atoms with Crippen molar-refractivity contribution in [2.45, 2.75) is 36.1 Å². The van der Waals surface area contributed by atoms with Gasteiger partial charge in [0.15, 0.2) is 9.84 Å². The van der Waals surface area contributed by atoms with Gasteiger partial charge in [0.1, 0.15) is 0 Å². The van der Waals surface area contributed by atoms with Crippen molar-refractivity contribution in [2.75, 3.05) is 25.9 Å². The van der Waals surface area contributed by atoms with Crippen molar-refractivity contribution in [3.8, 4) is 0 Å². The van der Waals surface area contributed by atoms with E-state index >= 15 is 0 Å². The minimum Gasteiger partial charge on any atom is -0.299 e. The van der Waals surface area contributed by atoms with E-state index in [4.69, 9.17) is 0 Å². The summed E-state index contributed by atoms with van der Waals surface area (Å²) in [6.45, 7) is 6.02. The van der Waals surface area contributed by atoms with Gasteiger partial charge in [0.25, 0.3) is 0 Å². The Labute approximate surface area is 168 Å². The van der Waals surface area contributed by atoms with Gasteiger partial charge in [-0.05, 0) is 49.3 Å². The third kappa shape index (κ3) is 6.13. The Bertz CT molecular complexity index is 953. The molecule has 0 heterocycles. The number of hydrogen-bond donors (Lipinski definition) is 1. The van der Waals surface area contributed by atoms with E-state index < -0.39 is 19.9 Å². The van der Waals surface area contributed by atoms with Crippen LogP contribution < -0.4 is 4.72 Å². The van der Waals surface area contributed by atoms with Crippen LogP contribution in [-0.2, 0) is 26.3 Å². The van der Waals surface area contributed by atoms with Crippen LogP contribution in [-0.4, -0.2) is 53.7 Å². The number of nitrogens with one attached hydrogen (secondary N) is 1. The smallest absolute Gasteiger partial charge is 0.240 e. The van der Waals surface area contributed by atoms with E-state index in [9.17, 15) is 16.8 Å². The summed E-state index contributed by atoms with van der Waals surface area (Å²) >= 11 is 0. The van der Waals surface area contributed by atoms with Crippen LogP contribution in [0.4, 0.5) is 0 Å². The summed E-state index contributed by atoms with van der Waals surface area (Å²) in [5.41, 5.74) is 1.15. The predicted molar refractivity (Wildman–Crippen MR) is 112 cm³/mol. The quantitative estimate of drug-likeness (QED) is 0.633. The fourth-order valence-corrected chi connectivity index (χ4v) is 4.82. The molecule has 0 amide bonds. The van der Waals surface area contributed by atoms with Crippen LogP contribution in [0.2, 0.25) is 0 Å². The van der Waals surface area contributed by atoms with Gasteiger partial charge in [0.05, 0.1) is 9.79 Å². The van der Waals surface area contributed by atoms with Crippen molar-refractivity contribution in [1.29, 1.82) is 0 Å². The summed E-state index contributed by atoms with van der Waals surface area (Å²) in [6, 6.07) is 15.3. The highest BCUT2D eigenvalue weighted by atomic mass is 32.2. The monoisotopic (exact) mass is 424 g/mol. The zero-order chi connectivity index (χ0) is 20.8. The van der Waals surface area contributed by atoms with E-state index in [0.717, 1.165) is 31.3 Å². The first-order valence-corrected chi connectivity index (χ1v) is 12.6. The van der Waals surface area contributed by atoms with E-state index in [-0.39, 0.29) is 22.4 Å². The second-order valence-corrected chi connectivity index (χ2v) is 10.4. The van der Waals surface area contributed by atoms with Crippen molar-refractivity contribution in [3.63, 3.8) is 0 Å². The van der Waals surface area contributed by atoms with Gasteiger partial charge in [-0.25, -0.2) is 21.6 Å². The number of rotatable bonds is 10. The zero-order valence-electron chi connectivity index (χ0n) is 16.5. The Kier molecular flexibility index (Phi) is 7.77. The molecule has 0 saturated heterocycles. The summed E-state index contributed by atoms with van der Waals surface area (Å²) in [5, 5.41) is 0. The maximum atomic E-state index is 12.7. The van der Waals surface area contributed by atoms with Crippen molar-refractivity contribution >= 4 is 19.9 Å². The van der Waals surface area contributed by atoms with Crippen LogP contribution in [0.1, 0.15) is 19.4 Å². The lowest BCUT2D eigenvalue weighted by molar-refractivity contribution is 0.216. The lowest BCUT2D eigenvalue weighted by Gasteiger charge is -2.30. The highest BCUT2D eigenvalue weighted by Crippen LogP contribution is 2.15. The Morgan fingerprint density at radius 3 is 1.89 bits per heavy atom. The van der Waals surface area contributed by atoms with Crippen LogP contribution >= 0.6 is 0 Å². The van der Waals surface area contributed by atoms with E-state index in [1.54, 1.807) is 0 Å². The van der Waals surface area contributed by atoms with Crippen LogP contribution in [0.25, 0.3) is 0 Å². The number of likely N-dealkylation sites (N-methyl/N-ethyl adjacent to an activating group) is 1. The van der Waals surface area contributed by atoms with E-state index in [0.29, 0.717) is 0 Å². The Hall–Kier alpha value is -1.74. The maximum Gasteiger partial charge on any atom is 0.240 e. The SMILES string of the molecule is CCN(CC)[C@H](CNS(=O)(=O)c1ccc(S(C)(=O)=O)cc1)Cc1ccccc1. The van der Waals surface area contributed by atoms with Crippen molar-refractivity contribution < 1.29 is 16.8 Å². The molecular formula is C20H28N2O4S2. The van der Waals surface area contributed by atoms with Gasteiger partial charge in [0.2, 0.25) is 10.0 Å². The Balaban J connectivity index is 2.15. The number of benzene rings is 2. The standard InChI is InChI=1S/C20H28N2O4S2/c1-4-22(5-2)18(15-17-9-7-6-8-10-17)16-21-28(25,26)20-13-11-19(12-14-20)27(3,23)24/h6-14,18,21H,4-5,15-16H2,1-3H3/t18-/m0/s1. The van der Waals surface area contributed by atoms with E-state index in [1.165, 1.54) is 24.3 Å². The van der Waals surface area contributed by atoms with Crippen molar-refractivity contribution in [2.24, 2.45) is 0 Å². The first-order valence-electron chi connectivity index (χ1n) is 9.25. The molecule has 0 aliphatic carbocycles. The lowest BCUT2D eigenvalue weighted by atomic mass is 10.0. The molecule has 1 N–H and O–H groups in total. The second kappa shape index (κ2) is 9.65. The van der Waals surface area contributed by atoms with Gasteiger partial charge in [-0.2, -0.15) is 0 Å². The lowest BCUT2D eigenvalue weighted by Crippen LogP contribution is -2.45. The molecule has 8 heteroatoms. The molecule has 0 saturated carbocycles. The molecule has 1 atom stereocenters. The molecule has 6 nitrogen and oxygen atoms in total. The molecule has 0 radical (unpaired) electrons. The average Bonchev–Trinajstić information content (AvgIpc) is 2.67. The molecule has 2 rings (SSSR count). The fourth-order valence-electron chi connectivity index (χ4n) is 3.11. The minimum atomic E-state index is -3.73. The highest BCUT2D eigenvalue weighted by molar-refractivity contribution is 7.90. The molecule has 0 aromatic heterocycles. The van der Waals surface area contributed by atoms with E-state index in [2.05, 4.69) is 23.5 Å². The molecule has 2 aromatic carbocycles. The molecular weight excluding hydrogens is 396 g/mol. The zero-order valence-corrected chi connectivity index (χ0v) is 18.1. The van der Waals surface area contributed by atoms with Gasteiger partial charge in [-0.1, -0.05) is 44.2 Å². The molecule has 0 aliphatic heterocycles. The fraction of sp³-hybridized carbons (Fsp3) is 0.400. The van der Waals surface area contributed by atoms with Crippen molar-refractivity contribution in [3.05, 3.63) is 60.2 Å². The molecule has 28 heavy (non-hydrogen) atoms. The maximum absolute atomic E-state index is 12.7. The normalized spacial score (nSPS) is 13.6. The Morgan fingerprint density at radius 1 is 0.857 bits per heavy atom. The van der Waals surface area contributed by atoms with Crippen molar-refractivity contribution in [1.82, 2.24) is 9.62 Å². The van der Waals surface area contributed by atoms with E-state index in [1.807, 2.05) is 30.3 Å². The molecule has 154 valence electrons. The first kappa shape index (κ1) is 22.5. The van der Waals surface area contributed by atoms with Crippen LogP contribution in [0, 0.1) is 0 Å². The van der Waals surface area contributed by atoms with Gasteiger partial charge >= 0.3 is 0 Å². The number of hydrogen-bond acceptors (Lipinski definition) is 5. The highest BCUT2D eigenvalue weighted by Gasteiger charge is 2.21. The molecule has 0 fully saturated rings. The van der Waals surface area contributed by atoms with Crippen LogP contribution in [0.15, 0.2) is 64.4 Å². The molecule has 2 aromatic rings. The largest absolute Gasteiger partial charge is 0.299 e. The van der Waals surface area contributed by atoms with Crippen LogP contribution in [0.3, 0.4) is 0 Å². The topological polar surface area (TPSA) is 83.6 Å².